The summed E-state index contributed by atoms with van der Waals surface area (Å²) in [6, 6.07) is 0.553. The summed E-state index contributed by atoms with van der Waals surface area (Å²) in [5.41, 5.74) is 0. The lowest BCUT2D eigenvalue weighted by atomic mass is 10.0. The maximum absolute atomic E-state index is 12.5. The molecule has 0 bridgehead atoms. The Morgan fingerprint density at radius 3 is 2.72 bits per heavy atom. The topological polar surface area (TPSA) is 35.6 Å². The van der Waals surface area contributed by atoms with Gasteiger partial charge in [-0.2, -0.15) is 0 Å². The number of carbonyl (C=O) groups excluding carboxylic acids is 1. The summed E-state index contributed by atoms with van der Waals surface area (Å²) in [7, 11) is 2.14. The second-order valence-corrected chi connectivity index (χ2v) is 5.82. The summed E-state index contributed by atoms with van der Waals surface area (Å²) >= 11 is 0. The van der Waals surface area contributed by atoms with Crippen molar-refractivity contribution in [3.8, 4) is 0 Å². The number of nitrogens with one attached hydrogen (secondary N) is 1. The maximum Gasteiger partial charge on any atom is 0.239 e. The van der Waals surface area contributed by atoms with Crippen LogP contribution in [0.25, 0.3) is 0 Å². The highest BCUT2D eigenvalue weighted by atomic mass is 16.2. The van der Waals surface area contributed by atoms with Gasteiger partial charge in [0, 0.05) is 25.7 Å². The molecule has 2 fully saturated rings. The van der Waals surface area contributed by atoms with Crippen molar-refractivity contribution >= 4 is 5.91 Å². The van der Waals surface area contributed by atoms with Crippen LogP contribution in [0.1, 0.15) is 39.0 Å². The van der Waals surface area contributed by atoms with Crippen molar-refractivity contribution in [2.45, 2.75) is 51.1 Å². The molecule has 1 amide bonds. The third-order valence-corrected chi connectivity index (χ3v) is 4.38. The van der Waals surface area contributed by atoms with Crippen molar-refractivity contribution < 1.29 is 4.79 Å². The van der Waals surface area contributed by atoms with E-state index in [-0.39, 0.29) is 6.04 Å². The Bertz CT molecular complexity index is 267. The van der Waals surface area contributed by atoms with E-state index in [4.69, 9.17) is 0 Å². The summed E-state index contributed by atoms with van der Waals surface area (Å²) in [5.74, 6) is 0.330. The number of hydrogen-bond donors (Lipinski definition) is 1. The van der Waals surface area contributed by atoms with Crippen LogP contribution in [0, 0.1) is 0 Å². The molecule has 0 aromatic heterocycles. The highest BCUT2D eigenvalue weighted by Crippen LogP contribution is 2.14. The zero-order valence-electron chi connectivity index (χ0n) is 11.8. The number of hydrogen-bond acceptors (Lipinski definition) is 3. The van der Waals surface area contributed by atoms with E-state index in [0.717, 1.165) is 32.6 Å². The molecule has 0 aromatic rings. The third kappa shape index (κ3) is 3.45. The highest BCUT2D eigenvalue weighted by Gasteiger charge is 2.29. The minimum Gasteiger partial charge on any atom is -0.339 e. The van der Waals surface area contributed by atoms with Crippen LogP contribution in [0.15, 0.2) is 0 Å². The molecule has 0 spiro atoms. The van der Waals surface area contributed by atoms with Crippen molar-refractivity contribution in [2.75, 3.05) is 33.2 Å². The molecule has 2 unspecified atom stereocenters. The largest absolute Gasteiger partial charge is 0.339 e. The maximum atomic E-state index is 12.5. The lowest BCUT2D eigenvalue weighted by Crippen LogP contribution is -2.56. The van der Waals surface area contributed by atoms with Crippen LogP contribution in [0.2, 0.25) is 0 Å². The van der Waals surface area contributed by atoms with Gasteiger partial charge in [-0.15, -0.1) is 0 Å². The average molecular weight is 253 g/mol. The van der Waals surface area contributed by atoms with E-state index in [1.165, 1.54) is 25.7 Å². The fourth-order valence-electron chi connectivity index (χ4n) is 2.89. The highest BCUT2D eigenvalue weighted by molar-refractivity contribution is 5.82. The summed E-state index contributed by atoms with van der Waals surface area (Å²) in [6.07, 6.45) is 6.00. The van der Waals surface area contributed by atoms with Gasteiger partial charge in [0.1, 0.15) is 0 Å². The van der Waals surface area contributed by atoms with Crippen molar-refractivity contribution in [3.63, 3.8) is 0 Å². The number of piperazine rings is 1. The van der Waals surface area contributed by atoms with Crippen LogP contribution < -0.4 is 5.32 Å². The fourth-order valence-corrected chi connectivity index (χ4v) is 2.89. The molecule has 18 heavy (non-hydrogen) atoms. The van der Waals surface area contributed by atoms with Crippen molar-refractivity contribution in [3.05, 3.63) is 0 Å². The first-order chi connectivity index (χ1) is 8.68. The van der Waals surface area contributed by atoms with E-state index in [1.54, 1.807) is 0 Å². The quantitative estimate of drug-likeness (QED) is 0.759. The van der Waals surface area contributed by atoms with Gasteiger partial charge < -0.3 is 15.1 Å². The van der Waals surface area contributed by atoms with Gasteiger partial charge in [-0.25, -0.2) is 0 Å². The van der Waals surface area contributed by atoms with Crippen molar-refractivity contribution in [1.82, 2.24) is 15.1 Å². The number of carbonyl (C=O) groups is 1. The van der Waals surface area contributed by atoms with E-state index in [1.807, 2.05) is 0 Å². The fraction of sp³-hybridized carbons (Fsp3) is 0.929. The van der Waals surface area contributed by atoms with Crippen LogP contribution in [-0.2, 0) is 4.79 Å². The van der Waals surface area contributed by atoms with Gasteiger partial charge in [-0.3, -0.25) is 4.79 Å². The number of amides is 1. The van der Waals surface area contributed by atoms with Crippen LogP contribution in [0.3, 0.4) is 0 Å². The minimum atomic E-state index is 0.0703. The predicted octanol–water partition coefficient (Wildman–Crippen LogP) is 1.07. The van der Waals surface area contributed by atoms with E-state index >= 15 is 0 Å². The lowest BCUT2D eigenvalue weighted by molar-refractivity contribution is -0.136. The summed E-state index contributed by atoms with van der Waals surface area (Å²) in [4.78, 5) is 16.9. The van der Waals surface area contributed by atoms with E-state index in [9.17, 15) is 4.79 Å². The normalized spacial score (nSPS) is 31.8. The van der Waals surface area contributed by atoms with E-state index in [0.29, 0.717) is 11.9 Å². The molecular weight excluding hydrogens is 226 g/mol. The molecule has 4 nitrogen and oxygen atoms in total. The van der Waals surface area contributed by atoms with Crippen molar-refractivity contribution in [1.29, 1.82) is 0 Å². The molecule has 0 radical (unpaired) electrons. The Hall–Kier alpha value is -0.610. The van der Waals surface area contributed by atoms with Crippen LogP contribution >= 0.6 is 0 Å². The first kappa shape index (κ1) is 13.8. The average Bonchev–Trinajstić information content (AvgIpc) is 2.31. The molecular formula is C14H27N3O. The molecule has 0 saturated carbocycles. The molecule has 2 atom stereocenters. The Morgan fingerprint density at radius 1 is 1.17 bits per heavy atom. The number of likely N-dealkylation sites (N-methyl/N-ethyl adjacent to an activating group) is 1. The summed E-state index contributed by atoms with van der Waals surface area (Å²) in [6.45, 7) is 5.97. The second-order valence-electron chi connectivity index (χ2n) is 5.82. The molecule has 2 aliphatic heterocycles. The molecule has 104 valence electrons. The molecule has 2 rings (SSSR count). The smallest absolute Gasteiger partial charge is 0.239 e. The molecule has 0 aromatic carbocycles. The van der Waals surface area contributed by atoms with E-state index in [2.05, 4.69) is 29.1 Å². The van der Waals surface area contributed by atoms with E-state index < -0.39 is 0 Å². The Morgan fingerprint density at radius 2 is 1.94 bits per heavy atom. The SMILES string of the molecule is CC1CN(C(=O)C2CCCCCCN2)CCN1C. The first-order valence-corrected chi connectivity index (χ1v) is 7.41. The van der Waals surface area contributed by atoms with Crippen LogP contribution in [0.4, 0.5) is 0 Å². The molecule has 0 aliphatic carbocycles. The van der Waals surface area contributed by atoms with Crippen LogP contribution in [-0.4, -0.2) is 61.0 Å². The Kier molecular flexibility index (Phi) is 5.01. The van der Waals surface area contributed by atoms with Gasteiger partial charge >= 0.3 is 0 Å². The van der Waals surface area contributed by atoms with Gasteiger partial charge in [0.15, 0.2) is 0 Å². The predicted molar refractivity (Wildman–Crippen MR) is 73.5 cm³/mol. The molecule has 4 heteroatoms. The lowest BCUT2D eigenvalue weighted by Gasteiger charge is -2.39. The second kappa shape index (κ2) is 6.53. The van der Waals surface area contributed by atoms with Gasteiger partial charge in [0.25, 0.3) is 0 Å². The monoisotopic (exact) mass is 253 g/mol. The third-order valence-electron chi connectivity index (χ3n) is 4.38. The molecule has 2 saturated heterocycles. The number of rotatable bonds is 1. The van der Waals surface area contributed by atoms with Crippen LogP contribution in [0.5, 0.6) is 0 Å². The standard InChI is InChI=1S/C14H27N3O/c1-12-11-17(10-9-16(12)2)14(18)13-7-5-3-4-6-8-15-13/h12-13,15H,3-11H2,1-2H3. The summed E-state index contributed by atoms with van der Waals surface area (Å²) in [5, 5.41) is 3.44. The molecule has 2 heterocycles. The van der Waals surface area contributed by atoms with Gasteiger partial charge in [-0.05, 0) is 33.4 Å². The Labute approximate surface area is 111 Å². The van der Waals surface area contributed by atoms with Gasteiger partial charge in [0.2, 0.25) is 5.91 Å². The Balaban J connectivity index is 1.88. The van der Waals surface area contributed by atoms with Gasteiger partial charge in [-0.1, -0.05) is 19.3 Å². The molecule has 2 aliphatic rings. The minimum absolute atomic E-state index is 0.0703. The zero-order chi connectivity index (χ0) is 13.0. The zero-order valence-corrected chi connectivity index (χ0v) is 11.8. The first-order valence-electron chi connectivity index (χ1n) is 7.41. The molecule has 1 N–H and O–H groups in total. The summed E-state index contributed by atoms with van der Waals surface area (Å²) < 4.78 is 0. The number of nitrogens with zero attached hydrogens (tertiary/aromatic N) is 2. The van der Waals surface area contributed by atoms with Crippen molar-refractivity contribution in [2.24, 2.45) is 0 Å². The van der Waals surface area contributed by atoms with Gasteiger partial charge in [0.05, 0.1) is 6.04 Å².